The van der Waals surface area contributed by atoms with Crippen LogP contribution in [0.1, 0.15) is 35.0 Å². The Morgan fingerprint density at radius 1 is 1.14 bits per heavy atom. The van der Waals surface area contributed by atoms with Crippen molar-refractivity contribution in [3.05, 3.63) is 46.8 Å². The molecule has 2 bridgehead atoms. The van der Waals surface area contributed by atoms with Crippen LogP contribution in [0.5, 0.6) is 0 Å². The molecule has 0 radical (unpaired) electrons. The van der Waals surface area contributed by atoms with Gasteiger partial charge in [-0.15, -0.1) is 11.3 Å². The van der Waals surface area contributed by atoms with Crippen molar-refractivity contribution in [2.45, 2.75) is 47.1 Å². The minimum Gasteiger partial charge on any atom is -0.347 e. The zero-order valence-electron chi connectivity index (χ0n) is 15.3. The van der Waals surface area contributed by atoms with Gasteiger partial charge in [-0.2, -0.15) is 13.2 Å². The monoisotopic (exact) mass is 426 g/mol. The minimum absolute atomic E-state index is 0.0603. The summed E-state index contributed by atoms with van der Waals surface area (Å²) in [6.07, 6.45) is -2.06. The molecule has 28 heavy (non-hydrogen) atoms. The smallest absolute Gasteiger partial charge is 0.347 e. The van der Waals surface area contributed by atoms with Gasteiger partial charge in [0, 0.05) is 17.0 Å². The van der Waals surface area contributed by atoms with E-state index in [1.54, 1.807) is 6.07 Å². The fraction of sp³-hybridized carbons (Fsp3) is 0.450. The van der Waals surface area contributed by atoms with Crippen LogP contribution in [0.3, 0.4) is 0 Å². The molecule has 3 aliphatic heterocycles. The molecule has 4 heterocycles. The summed E-state index contributed by atoms with van der Waals surface area (Å²) in [7, 11) is 0. The summed E-state index contributed by atoms with van der Waals surface area (Å²) in [6, 6.07) is 9.27. The highest BCUT2D eigenvalue weighted by molar-refractivity contribution is 8.01. The topological polar surface area (TPSA) is 32.3 Å². The Bertz CT molecular complexity index is 840. The van der Waals surface area contributed by atoms with E-state index in [-0.39, 0.29) is 11.9 Å². The Balaban J connectivity index is 1.39. The van der Waals surface area contributed by atoms with E-state index in [9.17, 15) is 18.0 Å². The first-order chi connectivity index (χ1) is 13.3. The van der Waals surface area contributed by atoms with Gasteiger partial charge in [0.15, 0.2) is 0 Å². The molecule has 1 N–H and O–H groups in total. The summed E-state index contributed by atoms with van der Waals surface area (Å²) >= 11 is 2.74. The molecule has 0 spiro atoms. The number of nitrogens with one attached hydrogen (secondary N) is 1. The highest BCUT2D eigenvalue weighted by atomic mass is 32.2. The van der Waals surface area contributed by atoms with Gasteiger partial charge in [0.1, 0.15) is 0 Å². The van der Waals surface area contributed by atoms with E-state index in [1.807, 2.05) is 6.07 Å². The zero-order valence-corrected chi connectivity index (χ0v) is 17.0. The third-order valence-electron chi connectivity index (χ3n) is 5.68. The van der Waals surface area contributed by atoms with Crippen LogP contribution in [-0.4, -0.2) is 36.0 Å². The van der Waals surface area contributed by atoms with Crippen molar-refractivity contribution in [1.29, 1.82) is 0 Å². The Hall–Kier alpha value is -1.51. The Morgan fingerprint density at radius 2 is 1.82 bits per heavy atom. The fourth-order valence-electron chi connectivity index (χ4n) is 4.09. The van der Waals surface area contributed by atoms with E-state index in [4.69, 9.17) is 0 Å². The third kappa shape index (κ3) is 4.09. The molecule has 5 rings (SSSR count). The Labute approximate surface area is 170 Å². The van der Waals surface area contributed by atoms with Crippen LogP contribution in [0.2, 0.25) is 0 Å². The second-order valence-corrected chi connectivity index (χ2v) is 9.81. The number of carbonyl (C=O) groups excluding carboxylic acids is 1. The second-order valence-electron chi connectivity index (χ2n) is 7.36. The predicted molar refractivity (Wildman–Crippen MR) is 105 cm³/mol. The highest BCUT2D eigenvalue weighted by Gasteiger charge is 2.40. The first kappa shape index (κ1) is 19.8. The number of benzene rings is 1. The summed E-state index contributed by atoms with van der Waals surface area (Å²) in [6.45, 7) is 4.41. The van der Waals surface area contributed by atoms with E-state index in [2.05, 4.69) is 17.1 Å². The average Bonchev–Trinajstić information content (AvgIpc) is 3.13. The molecular weight excluding hydrogens is 405 g/mol. The van der Waals surface area contributed by atoms with Crippen molar-refractivity contribution >= 4 is 29.0 Å². The zero-order chi connectivity index (χ0) is 19.9. The van der Waals surface area contributed by atoms with Gasteiger partial charge in [0.05, 0.1) is 14.6 Å². The van der Waals surface area contributed by atoms with Crippen LogP contribution in [0, 0.1) is 5.92 Å². The summed E-state index contributed by atoms with van der Waals surface area (Å²) < 4.78 is 38.9. The summed E-state index contributed by atoms with van der Waals surface area (Å²) in [5, 5.41) is 3.21. The molecule has 1 aromatic heterocycles. The van der Waals surface area contributed by atoms with Crippen LogP contribution in [0.15, 0.2) is 45.5 Å². The van der Waals surface area contributed by atoms with E-state index >= 15 is 0 Å². The van der Waals surface area contributed by atoms with Crippen LogP contribution in [0.4, 0.5) is 13.2 Å². The minimum atomic E-state index is -4.33. The van der Waals surface area contributed by atoms with Gasteiger partial charge in [-0.05, 0) is 75.2 Å². The molecule has 3 aliphatic rings. The van der Waals surface area contributed by atoms with E-state index in [1.165, 1.54) is 35.2 Å². The maximum Gasteiger partial charge on any atom is 0.416 e. The first-order valence-corrected chi connectivity index (χ1v) is 10.9. The van der Waals surface area contributed by atoms with Gasteiger partial charge in [0.25, 0.3) is 5.91 Å². The van der Waals surface area contributed by atoms with Crippen molar-refractivity contribution in [2.24, 2.45) is 5.92 Å². The van der Waals surface area contributed by atoms with Crippen molar-refractivity contribution in [2.75, 3.05) is 13.1 Å². The molecular formula is C20H21F3N2OS2. The molecule has 3 nitrogen and oxygen atoms in total. The van der Waals surface area contributed by atoms with Gasteiger partial charge >= 0.3 is 6.18 Å². The highest BCUT2D eigenvalue weighted by Crippen LogP contribution is 2.36. The number of carbonyl (C=O) groups is 1. The number of nitrogens with zero attached hydrogens (tertiary/aromatic N) is 1. The van der Waals surface area contributed by atoms with Crippen LogP contribution in [-0.2, 0) is 6.18 Å². The number of alkyl halides is 3. The second kappa shape index (κ2) is 7.72. The predicted octanol–water partition coefficient (Wildman–Crippen LogP) is 5.13. The number of fused-ring (bicyclic) bond motifs is 3. The lowest BCUT2D eigenvalue weighted by Crippen LogP contribution is -2.62. The van der Waals surface area contributed by atoms with Crippen molar-refractivity contribution < 1.29 is 18.0 Å². The van der Waals surface area contributed by atoms with Crippen molar-refractivity contribution in [1.82, 2.24) is 10.2 Å². The van der Waals surface area contributed by atoms with Crippen LogP contribution < -0.4 is 5.32 Å². The number of piperidine rings is 3. The number of thiophene rings is 1. The number of hydrogen-bond acceptors (Lipinski definition) is 4. The molecule has 2 atom stereocenters. The summed E-state index contributed by atoms with van der Waals surface area (Å²) in [4.78, 5) is 16.5. The number of rotatable bonds is 4. The molecule has 1 amide bonds. The summed E-state index contributed by atoms with van der Waals surface area (Å²) in [5.74, 6) is 0.486. The molecule has 3 saturated heterocycles. The molecule has 2 unspecified atom stereocenters. The Morgan fingerprint density at radius 3 is 2.43 bits per heavy atom. The molecule has 0 saturated carbocycles. The maximum absolute atomic E-state index is 12.7. The number of hydrogen-bond donors (Lipinski definition) is 1. The largest absolute Gasteiger partial charge is 0.416 e. The fourth-order valence-corrected chi connectivity index (χ4v) is 6.10. The van der Waals surface area contributed by atoms with E-state index in [0.717, 1.165) is 42.3 Å². The molecule has 2 aromatic rings. The van der Waals surface area contributed by atoms with Gasteiger partial charge in [-0.1, -0.05) is 11.8 Å². The molecule has 150 valence electrons. The molecule has 3 fully saturated rings. The third-order valence-corrected chi connectivity index (χ3v) is 7.90. The van der Waals surface area contributed by atoms with Gasteiger partial charge < -0.3 is 5.32 Å². The SMILES string of the molecule is CC1C(NC(=O)c2ccc(Sc3ccc(C(F)(F)F)cc3)s2)C2CCN1CC2. The molecule has 1 aromatic carbocycles. The quantitative estimate of drug-likeness (QED) is 0.736. The first-order valence-electron chi connectivity index (χ1n) is 9.31. The lowest BCUT2D eigenvalue weighted by Gasteiger charge is -2.49. The van der Waals surface area contributed by atoms with Crippen LogP contribution >= 0.6 is 23.1 Å². The van der Waals surface area contributed by atoms with Gasteiger partial charge in [0.2, 0.25) is 0 Å². The number of amides is 1. The lowest BCUT2D eigenvalue weighted by molar-refractivity contribution is -0.137. The normalized spacial score (nSPS) is 27.0. The molecule has 8 heteroatoms. The van der Waals surface area contributed by atoms with E-state index < -0.39 is 11.7 Å². The van der Waals surface area contributed by atoms with Gasteiger partial charge in [-0.3, -0.25) is 9.69 Å². The van der Waals surface area contributed by atoms with Crippen LogP contribution in [0.25, 0.3) is 0 Å². The average molecular weight is 427 g/mol. The van der Waals surface area contributed by atoms with Gasteiger partial charge in [-0.25, -0.2) is 0 Å². The standard InChI is InChI=1S/C20H21F3N2OS2/c1-12-18(13-8-10-25(12)11-9-13)24-19(26)16-6-7-17(28-16)27-15-4-2-14(3-5-15)20(21,22)23/h2-7,12-13,18H,8-11H2,1H3,(H,24,26). The number of halogens is 3. The molecule has 0 aliphatic carbocycles. The lowest BCUT2D eigenvalue weighted by atomic mass is 9.79. The van der Waals surface area contributed by atoms with Crippen molar-refractivity contribution in [3.63, 3.8) is 0 Å². The summed E-state index contributed by atoms with van der Waals surface area (Å²) in [5.41, 5.74) is -0.658. The van der Waals surface area contributed by atoms with E-state index in [0.29, 0.717) is 21.7 Å². The Kier molecular flexibility index (Phi) is 5.46. The maximum atomic E-state index is 12.7. The van der Waals surface area contributed by atoms with Crippen molar-refractivity contribution in [3.8, 4) is 0 Å².